The van der Waals surface area contributed by atoms with Crippen molar-refractivity contribution < 1.29 is 19.0 Å². The Bertz CT molecular complexity index is 1380. The summed E-state index contributed by atoms with van der Waals surface area (Å²) < 4.78 is 27.5. The topological polar surface area (TPSA) is 129 Å². The zero-order valence-electron chi connectivity index (χ0n) is 21.6. The van der Waals surface area contributed by atoms with Gasteiger partial charge < -0.3 is 30.6 Å². The molecule has 198 valence electrons. The molecule has 0 amide bonds. The molecule has 4 aromatic rings. The van der Waals surface area contributed by atoms with Crippen LogP contribution in [0.5, 0.6) is 11.5 Å². The molecule has 0 aliphatic rings. The quantitative estimate of drug-likeness (QED) is 0.134. The first-order valence-corrected chi connectivity index (χ1v) is 12.4. The van der Waals surface area contributed by atoms with Gasteiger partial charge in [-0.2, -0.15) is 0 Å². The Balaban J connectivity index is 1.80. The molecule has 0 spiro atoms. The average molecular weight is 518 g/mol. The van der Waals surface area contributed by atoms with Gasteiger partial charge in [0.1, 0.15) is 23.5 Å². The summed E-state index contributed by atoms with van der Waals surface area (Å²) in [4.78, 5) is 7.91. The number of rotatable bonds is 11. The standard InChI is InChI=1S/C29H32FN5O3/c1-4-37-22-13-23(26(30)25(14-22)38-17(2)3)27(34-21-11-9-20(10-12-21)28(31)32)29-33-15-24(35-29)19-7-5-18(16-36)6-8-19/h5-15,17,27,34,36H,4,16H2,1-3H3,(H3,31,32)(H,33,35). The van der Waals surface area contributed by atoms with E-state index in [9.17, 15) is 5.11 Å². The van der Waals surface area contributed by atoms with Crippen molar-refractivity contribution in [3.63, 3.8) is 0 Å². The van der Waals surface area contributed by atoms with Crippen molar-refractivity contribution in [2.45, 2.75) is 39.5 Å². The van der Waals surface area contributed by atoms with Crippen LogP contribution in [0.1, 0.15) is 49.3 Å². The molecule has 1 unspecified atom stereocenters. The lowest BCUT2D eigenvalue weighted by atomic mass is 10.0. The van der Waals surface area contributed by atoms with E-state index < -0.39 is 11.9 Å². The van der Waals surface area contributed by atoms with E-state index in [1.807, 2.05) is 45.0 Å². The molecule has 38 heavy (non-hydrogen) atoms. The van der Waals surface area contributed by atoms with Crippen LogP contribution in [0.4, 0.5) is 10.1 Å². The number of H-pyrrole nitrogens is 1. The highest BCUT2D eigenvalue weighted by Crippen LogP contribution is 2.36. The molecular formula is C29H32FN5O3. The highest BCUT2D eigenvalue weighted by molar-refractivity contribution is 5.95. The fraction of sp³-hybridized carbons (Fsp3) is 0.241. The fourth-order valence-electron chi connectivity index (χ4n) is 4.02. The maximum Gasteiger partial charge on any atom is 0.171 e. The van der Waals surface area contributed by atoms with E-state index in [1.54, 1.807) is 42.6 Å². The van der Waals surface area contributed by atoms with Crippen molar-refractivity contribution in [1.82, 2.24) is 9.97 Å². The summed E-state index contributed by atoms with van der Waals surface area (Å²) in [5.74, 6) is 0.479. The predicted molar refractivity (Wildman–Crippen MR) is 146 cm³/mol. The molecule has 0 saturated carbocycles. The minimum Gasteiger partial charge on any atom is -0.494 e. The second kappa shape index (κ2) is 11.8. The van der Waals surface area contributed by atoms with Gasteiger partial charge in [-0.15, -0.1) is 0 Å². The van der Waals surface area contributed by atoms with Crippen LogP contribution in [0.15, 0.2) is 66.9 Å². The van der Waals surface area contributed by atoms with Crippen LogP contribution in [0.2, 0.25) is 0 Å². The smallest absolute Gasteiger partial charge is 0.171 e. The number of nitrogens with zero attached hydrogens (tertiary/aromatic N) is 1. The second-order valence-corrected chi connectivity index (χ2v) is 9.03. The Morgan fingerprint density at radius 3 is 2.45 bits per heavy atom. The van der Waals surface area contributed by atoms with Crippen LogP contribution in [-0.2, 0) is 6.61 Å². The Labute approximate surface area is 221 Å². The van der Waals surface area contributed by atoms with E-state index in [0.29, 0.717) is 35.0 Å². The molecule has 4 rings (SSSR count). The lowest BCUT2D eigenvalue weighted by Crippen LogP contribution is -2.18. The van der Waals surface area contributed by atoms with Gasteiger partial charge in [-0.25, -0.2) is 9.37 Å². The van der Waals surface area contributed by atoms with Gasteiger partial charge >= 0.3 is 0 Å². The number of benzene rings is 3. The van der Waals surface area contributed by atoms with E-state index >= 15 is 4.39 Å². The molecule has 1 atom stereocenters. The molecule has 6 N–H and O–H groups in total. The highest BCUT2D eigenvalue weighted by atomic mass is 19.1. The third-order valence-corrected chi connectivity index (χ3v) is 5.85. The number of anilines is 1. The first-order valence-electron chi connectivity index (χ1n) is 12.4. The molecule has 1 heterocycles. The highest BCUT2D eigenvalue weighted by Gasteiger charge is 2.26. The second-order valence-electron chi connectivity index (χ2n) is 9.03. The van der Waals surface area contributed by atoms with Gasteiger partial charge in [-0.05, 0) is 62.2 Å². The van der Waals surface area contributed by atoms with Gasteiger partial charge in [0.2, 0.25) is 0 Å². The molecule has 0 saturated heterocycles. The molecule has 0 aliphatic heterocycles. The van der Waals surface area contributed by atoms with Crippen LogP contribution in [0, 0.1) is 11.2 Å². The number of aliphatic hydroxyl groups is 1. The molecule has 9 heteroatoms. The summed E-state index contributed by atoms with van der Waals surface area (Å²) in [5.41, 5.74) is 9.56. The average Bonchev–Trinajstić information content (AvgIpc) is 3.39. The normalized spacial score (nSPS) is 11.8. The number of nitrogen functional groups attached to an aromatic ring is 1. The summed E-state index contributed by atoms with van der Waals surface area (Å²) in [7, 11) is 0. The molecular weight excluding hydrogens is 485 g/mol. The maximum absolute atomic E-state index is 15.9. The summed E-state index contributed by atoms with van der Waals surface area (Å²) in [6.45, 7) is 5.89. The molecule has 0 aliphatic carbocycles. The van der Waals surface area contributed by atoms with Crippen molar-refractivity contribution in [1.29, 1.82) is 5.41 Å². The molecule has 0 radical (unpaired) electrons. The van der Waals surface area contributed by atoms with E-state index in [-0.39, 0.29) is 24.3 Å². The van der Waals surface area contributed by atoms with E-state index in [0.717, 1.165) is 16.8 Å². The number of hydrogen-bond donors (Lipinski definition) is 5. The summed E-state index contributed by atoms with van der Waals surface area (Å²) >= 11 is 0. The number of hydrogen-bond acceptors (Lipinski definition) is 6. The van der Waals surface area contributed by atoms with Crippen LogP contribution < -0.4 is 20.5 Å². The number of amidine groups is 1. The van der Waals surface area contributed by atoms with Crippen molar-refractivity contribution in [2.24, 2.45) is 5.73 Å². The number of halogens is 1. The van der Waals surface area contributed by atoms with E-state index in [4.69, 9.17) is 20.6 Å². The van der Waals surface area contributed by atoms with Gasteiger partial charge in [0.15, 0.2) is 11.6 Å². The van der Waals surface area contributed by atoms with Gasteiger partial charge in [-0.3, -0.25) is 5.41 Å². The minimum absolute atomic E-state index is 0.0399. The third kappa shape index (κ3) is 6.12. The number of aromatic amines is 1. The Hall–Kier alpha value is -4.37. The largest absolute Gasteiger partial charge is 0.494 e. The first kappa shape index (κ1) is 26.7. The monoisotopic (exact) mass is 517 g/mol. The first-order chi connectivity index (χ1) is 18.3. The summed E-state index contributed by atoms with van der Waals surface area (Å²) in [6.07, 6.45) is 1.45. The number of aromatic nitrogens is 2. The maximum atomic E-state index is 15.9. The van der Waals surface area contributed by atoms with Crippen LogP contribution in [0.25, 0.3) is 11.3 Å². The molecule has 8 nitrogen and oxygen atoms in total. The van der Waals surface area contributed by atoms with E-state index in [1.165, 1.54) is 0 Å². The van der Waals surface area contributed by atoms with Crippen molar-refractivity contribution >= 4 is 11.5 Å². The number of nitrogens with two attached hydrogens (primary N) is 1. The SMILES string of the molecule is CCOc1cc(OC(C)C)c(F)c(C(Nc2ccc(C(=N)N)cc2)c2ncc(-c3ccc(CO)cc3)[nH]2)c1. The van der Waals surface area contributed by atoms with Crippen molar-refractivity contribution in [2.75, 3.05) is 11.9 Å². The zero-order valence-corrected chi connectivity index (χ0v) is 21.6. The van der Waals surface area contributed by atoms with Crippen molar-refractivity contribution in [3.8, 4) is 22.8 Å². The van der Waals surface area contributed by atoms with Gasteiger partial charge in [-0.1, -0.05) is 24.3 Å². The van der Waals surface area contributed by atoms with Crippen molar-refractivity contribution in [3.05, 3.63) is 95.2 Å². The molecule has 1 aromatic heterocycles. The lowest BCUT2D eigenvalue weighted by Gasteiger charge is -2.22. The van der Waals surface area contributed by atoms with Crippen LogP contribution in [-0.4, -0.2) is 33.6 Å². The summed E-state index contributed by atoms with van der Waals surface area (Å²) in [5, 5.41) is 20.4. The van der Waals surface area contributed by atoms with E-state index in [2.05, 4.69) is 15.3 Å². The van der Waals surface area contributed by atoms with Crippen LogP contribution >= 0.6 is 0 Å². The zero-order chi connectivity index (χ0) is 27.2. The number of nitrogens with one attached hydrogen (secondary N) is 3. The fourth-order valence-corrected chi connectivity index (χ4v) is 4.02. The van der Waals surface area contributed by atoms with Gasteiger partial charge in [0.25, 0.3) is 0 Å². The number of ether oxygens (including phenoxy) is 2. The third-order valence-electron chi connectivity index (χ3n) is 5.85. The minimum atomic E-state index is -0.737. The van der Waals surface area contributed by atoms with Crippen LogP contribution in [0.3, 0.4) is 0 Å². The predicted octanol–water partition coefficient (Wildman–Crippen LogP) is 5.38. The molecule has 0 fully saturated rings. The lowest BCUT2D eigenvalue weighted by molar-refractivity contribution is 0.228. The summed E-state index contributed by atoms with van der Waals surface area (Å²) in [6, 6.07) is 16.9. The Morgan fingerprint density at radius 2 is 1.84 bits per heavy atom. The Morgan fingerprint density at radius 1 is 1.13 bits per heavy atom. The molecule has 0 bridgehead atoms. The number of imidazole rings is 1. The number of aliphatic hydroxyl groups excluding tert-OH is 1. The van der Waals surface area contributed by atoms with Gasteiger partial charge in [0, 0.05) is 22.9 Å². The molecule has 3 aromatic carbocycles. The Kier molecular flexibility index (Phi) is 8.28. The van der Waals surface area contributed by atoms with Gasteiger partial charge in [0.05, 0.1) is 31.2 Å².